The number of hydrogen-bond donors (Lipinski definition) is 1. The topological polar surface area (TPSA) is 35.2 Å². The molecule has 1 fully saturated rings. The van der Waals surface area contributed by atoms with Gasteiger partial charge in [0.25, 0.3) is 0 Å². The average molecular weight is 265 g/mol. The van der Waals surface area contributed by atoms with Crippen LogP contribution in [0.5, 0.6) is 5.75 Å². The SMILES string of the molecule is CCC1CCC(C(N)Cc2cccc(OC)c2F)C1. The second-order valence-corrected chi connectivity index (χ2v) is 5.65. The van der Waals surface area contributed by atoms with Crippen molar-refractivity contribution in [3.8, 4) is 5.75 Å². The molecule has 2 nitrogen and oxygen atoms in total. The van der Waals surface area contributed by atoms with E-state index in [1.165, 1.54) is 32.8 Å². The molecular formula is C16H24FNO. The average Bonchev–Trinajstić information content (AvgIpc) is 2.90. The van der Waals surface area contributed by atoms with Crippen molar-refractivity contribution in [3.05, 3.63) is 29.6 Å². The lowest BCUT2D eigenvalue weighted by atomic mass is 9.91. The molecule has 0 bridgehead atoms. The zero-order chi connectivity index (χ0) is 13.8. The Morgan fingerprint density at radius 3 is 2.84 bits per heavy atom. The first-order valence-electron chi connectivity index (χ1n) is 7.22. The zero-order valence-electron chi connectivity index (χ0n) is 11.9. The Kier molecular flexibility index (Phi) is 4.81. The van der Waals surface area contributed by atoms with Crippen LogP contribution in [0.25, 0.3) is 0 Å². The summed E-state index contributed by atoms with van der Waals surface area (Å²) in [7, 11) is 1.49. The molecule has 1 aromatic carbocycles. The molecule has 1 aromatic rings. The van der Waals surface area contributed by atoms with Crippen LogP contribution in [-0.2, 0) is 6.42 Å². The molecule has 3 heteroatoms. The maximum absolute atomic E-state index is 14.1. The first kappa shape index (κ1) is 14.3. The van der Waals surface area contributed by atoms with E-state index in [-0.39, 0.29) is 11.9 Å². The number of benzene rings is 1. The summed E-state index contributed by atoms with van der Waals surface area (Å²) in [6, 6.07) is 5.34. The van der Waals surface area contributed by atoms with Crippen molar-refractivity contribution in [1.82, 2.24) is 0 Å². The number of hydrogen-bond acceptors (Lipinski definition) is 2. The fourth-order valence-electron chi connectivity index (χ4n) is 3.17. The third-order valence-electron chi connectivity index (χ3n) is 4.48. The molecule has 2 rings (SSSR count). The highest BCUT2D eigenvalue weighted by molar-refractivity contribution is 5.31. The Morgan fingerprint density at radius 2 is 2.21 bits per heavy atom. The quantitative estimate of drug-likeness (QED) is 0.884. The minimum Gasteiger partial charge on any atom is -0.494 e. The molecule has 0 radical (unpaired) electrons. The number of methoxy groups -OCH3 is 1. The molecule has 19 heavy (non-hydrogen) atoms. The monoisotopic (exact) mass is 265 g/mol. The highest BCUT2D eigenvalue weighted by Gasteiger charge is 2.28. The van der Waals surface area contributed by atoms with Crippen LogP contribution in [0.15, 0.2) is 18.2 Å². The Morgan fingerprint density at radius 1 is 1.42 bits per heavy atom. The minimum absolute atomic E-state index is 0.0538. The maximum Gasteiger partial charge on any atom is 0.168 e. The summed E-state index contributed by atoms with van der Waals surface area (Å²) >= 11 is 0. The first-order valence-corrected chi connectivity index (χ1v) is 7.22. The molecule has 1 saturated carbocycles. The highest BCUT2D eigenvalue weighted by atomic mass is 19.1. The first-order chi connectivity index (χ1) is 9.15. The fraction of sp³-hybridized carbons (Fsp3) is 0.625. The molecule has 3 atom stereocenters. The van der Waals surface area contributed by atoms with E-state index >= 15 is 0 Å². The molecule has 0 saturated heterocycles. The molecular weight excluding hydrogens is 241 g/mol. The lowest BCUT2D eigenvalue weighted by molar-refractivity contribution is 0.376. The Balaban J connectivity index is 2.01. The number of halogens is 1. The zero-order valence-corrected chi connectivity index (χ0v) is 11.9. The van der Waals surface area contributed by atoms with Gasteiger partial charge in [-0.2, -0.15) is 0 Å². The summed E-state index contributed by atoms with van der Waals surface area (Å²) < 4.78 is 19.1. The second-order valence-electron chi connectivity index (χ2n) is 5.65. The van der Waals surface area contributed by atoms with Gasteiger partial charge in [-0.3, -0.25) is 0 Å². The number of ether oxygens (including phenoxy) is 1. The van der Waals surface area contributed by atoms with E-state index in [1.54, 1.807) is 6.07 Å². The van der Waals surface area contributed by atoms with E-state index in [4.69, 9.17) is 10.5 Å². The normalized spacial score (nSPS) is 24.4. The Hall–Kier alpha value is -1.09. The third kappa shape index (κ3) is 3.27. The van der Waals surface area contributed by atoms with Crippen molar-refractivity contribution in [1.29, 1.82) is 0 Å². The summed E-state index contributed by atoms with van der Waals surface area (Å²) in [5.41, 5.74) is 6.95. The smallest absolute Gasteiger partial charge is 0.168 e. The van der Waals surface area contributed by atoms with E-state index in [9.17, 15) is 4.39 Å². The van der Waals surface area contributed by atoms with Crippen molar-refractivity contribution in [2.45, 2.75) is 45.1 Å². The van der Waals surface area contributed by atoms with Crippen LogP contribution in [-0.4, -0.2) is 13.2 Å². The van der Waals surface area contributed by atoms with Crippen LogP contribution in [0.2, 0.25) is 0 Å². The van der Waals surface area contributed by atoms with Crippen LogP contribution in [0.3, 0.4) is 0 Å². The van der Waals surface area contributed by atoms with Gasteiger partial charge in [0.15, 0.2) is 11.6 Å². The van der Waals surface area contributed by atoms with E-state index in [0.717, 1.165) is 5.92 Å². The van der Waals surface area contributed by atoms with Gasteiger partial charge in [-0.1, -0.05) is 31.9 Å². The predicted molar refractivity (Wildman–Crippen MR) is 75.8 cm³/mol. The second kappa shape index (κ2) is 6.38. The van der Waals surface area contributed by atoms with Crippen LogP contribution in [0.1, 0.15) is 38.2 Å². The molecule has 0 aliphatic heterocycles. The van der Waals surface area contributed by atoms with Gasteiger partial charge in [0.1, 0.15) is 0 Å². The molecule has 0 spiro atoms. The predicted octanol–water partition coefficient (Wildman–Crippen LogP) is 3.53. The van der Waals surface area contributed by atoms with Crippen LogP contribution < -0.4 is 10.5 Å². The van der Waals surface area contributed by atoms with Gasteiger partial charge in [-0.05, 0) is 42.7 Å². The molecule has 2 N–H and O–H groups in total. The third-order valence-corrected chi connectivity index (χ3v) is 4.48. The van der Waals surface area contributed by atoms with Crippen molar-refractivity contribution < 1.29 is 9.13 Å². The van der Waals surface area contributed by atoms with Gasteiger partial charge in [0.2, 0.25) is 0 Å². The number of nitrogens with two attached hydrogens (primary N) is 1. The van der Waals surface area contributed by atoms with Crippen molar-refractivity contribution in [3.63, 3.8) is 0 Å². The van der Waals surface area contributed by atoms with Gasteiger partial charge in [-0.25, -0.2) is 4.39 Å². The van der Waals surface area contributed by atoms with E-state index in [1.807, 2.05) is 12.1 Å². The van der Waals surface area contributed by atoms with Crippen LogP contribution >= 0.6 is 0 Å². The van der Waals surface area contributed by atoms with Gasteiger partial charge < -0.3 is 10.5 Å². The maximum atomic E-state index is 14.1. The molecule has 1 aliphatic rings. The van der Waals surface area contributed by atoms with Crippen molar-refractivity contribution in [2.75, 3.05) is 7.11 Å². The molecule has 3 unspecified atom stereocenters. The number of rotatable bonds is 5. The van der Waals surface area contributed by atoms with Gasteiger partial charge in [0.05, 0.1) is 7.11 Å². The van der Waals surface area contributed by atoms with Gasteiger partial charge in [0, 0.05) is 6.04 Å². The largest absolute Gasteiger partial charge is 0.494 e. The van der Waals surface area contributed by atoms with Gasteiger partial charge >= 0.3 is 0 Å². The summed E-state index contributed by atoms with van der Waals surface area (Å²) in [6.45, 7) is 2.24. The van der Waals surface area contributed by atoms with Gasteiger partial charge in [-0.15, -0.1) is 0 Å². The molecule has 106 valence electrons. The highest BCUT2D eigenvalue weighted by Crippen LogP contribution is 2.35. The molecule has 1 aliphatic carbocycles. The lowest BCUT2D eigenvalue weighted by Gasteiger charge is -2.20. The Bertz CT molecular complexity index is 421. The van der Waals surface area contributed by atoms with E-state index in [2.05, 4.69) is 6.92 Å². The molecule has 0 heterocycles. The van der Waals surface area contributed by atoms with Crippen LogP contribution in [0, 0.1) is 17.7 Å². The minimum atomic E-state index is -0.259. The summed E-state index contributed by atoms with van der Waals surface area (Å²) in [5.74, 6) is 1.40. The Labute approximate surface area is 115 Å². The molecule has 0 amide bonds. The lowest BCUT2D eigenvalue weighted by Crippen LogP contribution is -2.31. The van der Waals surface area contributed by atoms with Crippen molar-refractivity contribution >= 4 is 0 Å². The van der Waals surface area contributed by atoms with Crippen molar-refractivity contribution in [2.24, 2.45) is 17.6 Å². The summed E-state index contributed by atoms with van der Waals surface area (Å²) in [6.07, 6.45) is 5.49. The molecule has 0 aromatic heterocycles. The van der Waals surface area contributed by atoms with E-state index < -0.39 is 0 Å². The summed E-state index contributed by atoms with van der Waals surface area (Å²) in [5, 5.41) is 0. The van der Waals surface area contributed by atoms with Crippen LogP contribution in [0.4, 0.5) is 4.39 Å². The summed E-state index contributed by atoms with van der Waals surface area (Å²) in [4.78, 5) is 0. The fourth-order valence-corrected chi connectivity index (χ4v) is 3.17. The standard InChI is InChI=1S/C16H24FNO/c1-3-11-7-8-12(9-11)14(18)10-13-5-4-6-15(19-2)16(13)17/h4-6,11-12,14H,3,7-10,18H2,1-2H3. The van der Waals surface area contributed by atoms with E-state index in [0.29, 0.717) is 23.7 Å².